The van der Waals surface area contributed by atoms with Crippen LogP contribution < -0.4 is 9.47 Å². The highest BCUT2D eigenvalue weighted by Crippen LogP contribution is 2.34. The maximum Gasteiger partial charge on any atom is 0.237 e. The minimum atomic E-state index is 0.332. The number of ether oxygens (including phenoxy) is 2. The zero-order valence-corrected chi connectivity index (χ0v) is 15.7. The van der Waals surface area contributed by atoms with E-state index in [4.69, 9.17) is 9.47 Å². The number of hydrogen-bond acceptors (Lipinski definition) is 5. The maximum atomic E-state index is 9.44. The van der Waals surface area contributed by atoms with Crippen LogP contribution in [0.5, 0.6) is 17.4 Å². The quantitative estimate of drug-likeness (QED) is 0.774. The first-order valence-electron chi connectivity index (χ1n) is 9.15. The second-order valence-corrected chi connectivity index (χ2v) is 6.67. The molecule has 26 heavy (non-hydrogen) atoms. The Bertz CT molecular complexity index is 821. The average Bonchev–Trinajstić information content (AvgIpc) is 3.10. The first-order valence-corrected chi connectivity index (χ1v) is 9.15. The van der Waals surface area contributed by atoms with Crippen LogP contribution in [0.4, 0.5) is 0 Å². The molecule has 0 aliphatic carbocycles. The van der Waals surface area contributed by atoms with Crippen molar-refractivity contribution >= 4 is 0 Å². The molecule has 0 bridgehead atoms. The van der Waals surface area contributed by atoms with Crippen molar-refractivity contribution in [2.75, 3.05) is 19.7 Å². The number of aromatic nitrogens is 1. The van der Waals surface area contributed by atoms with Gasteiger partial charge in [0.2, 0.25) is 5.88 Å². The predicted molar refractivity (Wildman–Crippen MR) is 101 cm³/mol. The SMILES string of the molecule is CCOc1cc(CN2CCCC2)ccc1Oc1nc(C)cc(C)c1C#N. The molecule has 5 nitrogen and oxygen atoms in total. The molecule has 0 amide bonds. The van der Waals surface area contributed by atoms with E-state index in [-0.39, 0.29) is 0 Å². The van der Waals surface area contributed by atoms with E-state index in [1.165, 1.54) is 18.4 Å². The molecule has 1 fully saturated rings. The van der Waals surface area contributed by atoms with E-state index in [2.05, 4.69) is 22.0 Å². The average molecular weight is 351 g/mol. The van der Waals surface area contributed by atoms with Crippen molar-refractivity contribution in [2.45, 2.75) is 40.2 Å². The Labute approximate surface area is 155 Å². The topological polar surface area (TPSA) is 58.4 Å². The molecule has 2 aromatic rings. The molecule has 1 aliphatic heterocycles. The van der Waals surface area contributed by atoms with E-state index in [0.717, 1.165) is 30.9 Å². The van der Waals surface area contributed by atoms with Crippen molar-refractivity contribution in [1.82, 2.24) is 9.88 Å². The number of benzene rings is 1. The van der Waals surface area contributed by atoms with Crippen molar-refractivity contribution in [3.05, 3.63) is 46.6 Å². The molecule has 5 heteroatoms. The van der Waals surface area contributed by atoms with Crippen LogP contribution in [0.3, 0.4) is 0 Å². The summed E-state index contributed by atoms with van der Waals surface area (Å²) < 4.78 is 11.8. The molecular weight excluding hydrogens is 326 g/mol. The van der Waals surface area contributed by atoms with Gasteiger partial charge in [-0.1, -0.05) is 6.07 Å². The zero-order valence-electron chi connectivity index (χ0n) is 15.7. The summed E-state index contributed by atoms with van der Waals surface area (Å²) in [7, 11) is 0. The highest BCUT2D eigenvalue weighted by molar-refractivity contribution is 5.50. The predicted octanol–water partition coefficient (Wildman–Crippen LogP) is 4.36. The summed E-state index contributed by atoms with van der Waals surface area (Å²) in [5.41, 5.74) is 3.34. The molecule has 1 aromatic carbocycles. The van der Waals surface area contributed by atoms with Crippen molar-refractivity contribution in [2.24, 2.45) is 0 Å². The van der Waals surface area contributed by atoms with Crippen LogP contribution in [-0.4, -0.2) is 29.6 Å². The molecule has 0 atom stereocenters. The summed E-state index contributed by atoms with van der Waals surface area (Å²) in [4.78, 5) is 6.85. The Morgan fingerprint density at radius 3 is 2.62 bits per heavy atom. The lowest BCUT2D eigenvalue weighted by molar-refractivity contribution is 0.313. The first kappa shape index (κ1) is 18.2. The molecule has 0 saturated carbocycles. The lowest BCUT2D eigenvalue weighted by Crippen LogP contribution is -2.18. The molecule has 1 saturated heterocycles. The summed E-state index contributed by atoms with van der Waals surface area (Å²) in [5.74, 6) is 1.61. The van der Waals surface area contributed by atoms with Crippen LogP contribution in [-0.2, 0) is 6.54 Å². The number of aryl methyl sites for hydroxylation is 2. The number of pyridine rings is 1. The summed E-state index contributed by atoms with van der Waals surface area (Å²) >= 11 is 0. The number of likely N-dealkylation sites (tertiary alicyclic amines) is 1. The summed E-state index contributed by atoms with van der Waals surface area (Å²) in [5, 5.41) is 9.44. The van der Waals surface area contributed by atoms with Gasteiger partial charge in [-0.15, -0.1) is 0 Å². The van der Waals surface area contributed by atoms with Gasteiger partial charge >= 0.3 is 0 Å². The molecule has 136 valence electrons. The highest BCUT2D eigenvalue weighted by Gasteiger charge is 2.16. The van der Waals surface area contributed by atoms with Crippen molar-refractivity contribution in [1.29, 1.82) is 5.26 Å². The van der Waals surface area contributed by atoms with Gasteiger partial charge in [-0.3, -0.25) is 4.90 Å². The van der Waals surface area contributed by atoms with E-state index in [0.29, 0.717) is 29.5 Å². The standard InChI is InChI=1S/C21H25N3O2/c1-4-25-20-12-17(14-24-9-5-6-10-24)7-8-19(20)26-21-18(13-22)15(2)11-16(3)23-21/h7-8,11-12H,4-6,9-10,14H2,1-3H3. The molecule has 3 rings (SSSR count). The molecule has 1 aromatic heterocycles. The van der Waals surface area contributed by atoms with Gasteiger partial charge < -0.3 is 9.47 Å². The fourth-order valence-corrected chi connectivity index (χ4v) is 3.32. The van der Waals surface area contributed by atoms with Gasteiger partial charge in [0, 0.05) is 12.2 Å². The minimum Gasteiger partial charge on any atom is -0.490 e. The van der Waals surface area contributed by atoms with Crippen LogP contribution in [0.1, 0.15) is 42.1 Å². The van der Waals surface area contributed by atoms with Gasteiger partial charge in [-0.2, -0.15) is 5.26 Å². The number of nitriles is 1. The largest absolute Gasteiger partial charge is 0.490 e. The van der Waals surface area contributed by atoms with Gasteiger partial charge in [-0.05, 0) is 76.0 Å². The van der Waals surface area contributed by atoms with Crippen LogP contribution >= 0.6 is 0 Å². The number of rotatable bonds is 6. The Morgan fingerprint density at radius 1 is 1.15 bits per heavy atom. The van der Waals surface area contributed by atoms with E-state index < -0.39 is 0 Å². The number of nitrogens with zero attached hydrogens (tertiary/aromatic N) is 3. The Hall–Kier alpha value is -2.58. The second kappa shape index (κ2) is 8.20. The zero-order chi connectivity index (χ0) is 18.5. The van der Waals surface area contributed by atoms with Crippen LogP contribution in [0, 0.1) is 25.2 Å². The Morgan fingerprint density at radius 2 is 1.92 bits per heavy atom. The van der Waals surface area contributed by atoms with E-state index in [1.807, 2.05) is 39.0 Å². The van der Waals surface area contributed by atoms with E-state index in [1.54, 1.807) is 0 Å². The monoisotopic (exact) mass is 351 g/mol. The normalized spacial score (nSPS) is 14.2. The van der Waals surface area contributed by atoms with Crippen molar-refractivity contribution in [3.8, 4) is 23.4 Å². The molecule has 1 aliphatic rings. The second-order valence-electron chi connectivity index (χ2n) is 6.67. The fourth-order valence-electron chi connectivity index (χ4n) is 3.32. The molecule has 2 heterocycles. The van der Waals surface area contributed by atoms with Gasteiger partial charge in [0.15, 0.2) is 11.5 Å². The smallest absolute Gasteiger partial charge is 0.237 e. The third kappa shape index (κ3) is 4.14. The molecule has 0 unspecified atom stereocenters. The van der Waals surface area contributed by atoms with Gasteiger partial charge in [0.05, 0.1) is 6.61 Å². The molecule has 0 N–H and O–H groups in total. The molecule has 0 radical (unpaired) electrons. The third-order valence-electron chi connectivity index (χ3n) is 4.54. The van der Waals surface area contributed by atoms with E-state index in [9.17, 15) is 5.26 Å². The Balaban J connectivity index is 1.88. The third-order valence-corrected chi connectivity index (χ3v) is 4.54. The Kier molecular flexibility index (Phi) is 5.75. The highest BCUT2D eigenvalue weighted by atomic mass is 16.5. The van der Waals surface area contributed by atoms with E-state index >= 15 is 0 Å². The van der Waals surface area contributed by atoms with Crippen LogP contribution in [0.25, 0.3) is 0 Å². The van der Waals surface area contributed by atoms with Gasteiger partial charge in [0.1, 0.15) is 11.6 Å². The number of hydrogen-bond donors (Lipinski definition) is 0. The summed E-state index contributed by atoms with van der Waals surface area (Å²) in [6.45, 7) is 9.51. The summed E-state index contributed by atoms with van der Waals surface area (Å²) in [6.07, 6.45) is 2.55. The first-order chi connectivity index (χ1) is 12.6. The lowest BCUT2D eigenvalue weighted by atomic mass is 10.1. The lowest BCUT2D eigenvalue weighted by Gasteiger charge is -2.17. The molecular formula is C21H25N3O2. The summed E-state index contributed by atoms with van der Waals surface area (Å²) in [6, 6.07) is 10.1. The molecule has 0 spiro atoms. The van der Waals surface area contributed by atoms with Crippen molar-refractivity contribution in [3.63, 3.8) is 0 Å². The van der Waals surface area contributed by atoms with Crippen LogP contribution in [0.2, 0.25) is 0 Å². The van der Waals surface area contributed by atoms with Gasteiger partial charge in [-0.25, -0.2) is 4.98 Å². The fraction of sp³-hybridized carbons (Fsp3) is 0.429. The van der Waals surface area contributed by atoms with Gasteiger partial charge in [0.25, 0.3) is 0 Å². The minimum absolute atomic E-state index is 0.332. The van der Waals surface area contributed by atoms with Crippen molar-refractivity contribution < 1.29 is 9.47 Å². The maximum absolute atomic E-state index is 9.44. The van der Waals surface area contributed by atoms with Crippen LogP contribution in [0.15, 0.2) is 24.3 Å².